The van der Waals surface area contributed by atoms with Crippen LogP contribution in [0, 0.1) is 0 Å². The number of carbonyl (C=O) groups excluding carboxylic acids is 1. The van der Waals surface area contributed by atoms with Crippen LogP contribution in [0.2, 0.25) is 0 Å². The summed E-state index contributed by atoms with van der Waals surface area (Å²) in [6, 6.07) is 5.08. The fourth-order valence-corrected chi connectivity index (χ4v) is 1.74. The van der Waals surface area contributed by atoms with Crippen molar-refractivity contribution >= 4 is 5.78 Å². The Morgan fingerprint density at radius 3 is 2.58 bits per heavy atom. The Kier molecular flexibility index (Phi) is 3.79. The number of ether oxygens (including phenoxy) is 2. The van der Waals surface area contributed by atoms with Gasteiger partial charge in [0.2, 0.25) is 0 Å². The molecule has 0 N–H and O–H groups in total. The molecule has 19 heavy (non-hydrogen) atoms. The molecule has 0 atom stereocenters. The molecule has 2 rings (SSSR count). The van der Waals surface area contributed by atoms with Gasteiger partial charge in [-0.05, 0) is 18.2 Å². The van der Waals surface area contributed by atoms with Gasteiger partial charge in [0, 0.05) is 12.6 Å². The van der Waals surface area contributed by atoms with Gasteiger partial charge in [0.25, 0.3) is 0 Å². The lowest BCUT2D eigenvalue weighted by atomic mass is 10.1. The van der Waals surface area contributed by atoms with Crippen LogP contribution < -0.4 is 9.47 Å². The molecular formula is C13H15N3O3. The number of aromatic nitrogens is 3. The molecule has 1 aromatic heterocycles. The summed E-state index contributed by atoms with van der Waals surface area (Å²) in [4.78, 5) is 16.2. The van der Waals surface area contributed by atoms with E-state index < -0.39 is 0 Å². The summed E-state index contributed by atoms with van der Waals surface area (Å²) in [5.74, 6) is 1.71. The number of methoxy groups -OCH3 is 2. The fourth-order valence-electron chi connectivity index (χ4n) is 1.74. The largest absolute Gasteiger partial charge is 0.493 e. The Hall–Kier alpha value is -2.37. The predicted octanol–water partition coefficient (Wildman–Crippen LogP) is 1.26. The normalized spacial score (nSPS) is 10.3. The van der Waals surface area contributed by atoms with Crippen LogP contribution in [-0.4, -0.2) is 34.8 Å². The van der Waals surface area contributed by atoms with Gasteiger partial charge in [-0.3, -0.25) is 9.48 Å². The van der Waals surface area contributed by atoms with Gasteiger partial charge in [0.15, 0.2) is 17.3 Å². The molecule has 0 saturated heterocycles. The molecule has 6 nitrogen and oxygen atoms in total. The van der Waals surface area contributed by atoms with Crippen molar-refractivity contribution in [3.05, 3.63) is 35.9 Å². The number of nitrogens with zero attached hydrogens (tertiary/aromatic N) is 3. The Labute approximate surface area is 111 Å². The number of aryl methyl sites for hydroxylation is 1. The first-order chi connectivity index (χ1) is 9.15. The highest BCUT2D eigenvalue weighted by molar-refractivity contribution is 5.97. The standard InChI is InChI=1S/C13H15N3O3/c1-16-13(14-8-15-16)7-10(17)9-4-5-11(18-2)12(6-9)19-3/h4-6,8H,7H2,1-3H3. The van der Waals surface area contributed by atoms with Crippen molar-refractivity contribution in [1.29, 1.82) is 0 Å². The van der Waals surface area contributed by atoms with Gasteiger partial charge in [-0.1, -0.05) is 0 Å². The maximum Gasteiger partial charge on any atom is 0.170 e. The van der Waals surface area contributed by atoms with Crippen LogP contribution >= 0.6 is 0 Å². The molecule has 0 unspecified atom stereocenters. The van der Waals surface area contributed by atoms with Gasteiger partial charge in [0.1, 0.15) is 12.2 Å². The molecule has 1 aromatic carbocycles. The minimum absolute atomic E-state index is 0.0444. The first-order valence-corrected chi connectivity index (χ1v) is 5.73. The molecule has 1 heterocycles. The molecule has 0 saturated carbocycles. The Morgan fingerprint density at radius 2 is 2.00 bits per heavy atom. The number of Topliss-reactive ketones (excluding diaryl/α,β-unsaturated/α-hetero) is 1. The van der Waals surface area contributed by atoms with Crippen LogP contribution in [0.25, 0.3) is 0 Å². The van der Waals surface area contributed by atoms with Crippen molar-refractivity contribution in [2.45, 2.75) is 6.42 Å². The molecule has 2 aromatic rings. The summed E-state index contributed by atoms with van der Waals surface area (Å²) < 4.78 is 11.9. The highest BCUT2D eigenvalue weighted by atomic mass is 16.5. The van der Waals surface area contributed by atoms with E-state index in [0.717, 1.165) is 0 Å². The van der Waals surface area contributed by atoms with E-state index in [2.05, 4.69) is 10.1 Å². The first-order valence-electron chi connectivity index (χ1n) is 5.73. The number of ketones is 1. The molecule has 0 aliphatic rings. The Balaban J connectivity index is 2.22. The quantitative estimate of drug-likeness (QED) is 0.758. The zero-order chi connectivity index (χ0) is 13.8. The average molecular weight is 261 g/mol. The third kappa shape index (κ3) is 2.73. The van der Waals surface area contributed by atoms with E-state index in [1.165, 1.54) is 13.4 Å². The number of hydrogen-bond acceptors (Lipinski definition) is 5. The van der Waals surface area contributed by atoms with Crippen molar-refractivity contribution in [1.82, 2.24) is 14.8 Å². The lowest BCUT2D eigenvalue weighted by Crippen LogP contribution is -2.09. The summed E-state index contributed by atoms with van der Waals surface area (Å²) >= 11 is 0. The predicted molar refractivity (Wildman–Crippen MR) is 68.6 cm³/mol. The van der Waals surface area contributed by atoms with Crippen LogP contribution in [0.5, 0.6) is 11.5 Å². The Bertz CT molecular complexity index is 593. The molecule has 0 amide bonds. The van der Waals surface area contributed by atoms with Gasteiger partial charge in [-0.2, -0.15) is 5.10 Å². The maximum absolute atomic E-state index is 12.2. The molecular weight excluding hydrogens is 246 g/mol. The van der Waals surface area contributed by atoms with E-state index in [4.69, 9.17) is 9.47 Å². The zero-order valence-corrected chi connectivity index (χ0v) is 11.1. The minimum atomic E-state index is -0.0444. The summed E-state index contributed by atoms with van der Waals surface area (Å²) in [5, 5.41) is 3.93. The van der Waals surface area contributed by atoms with E-state index in [-0.39, 0.29) is 12.2 Å². The fraction of sp³-hybridized carbons (Fsp3) is 0.308. The highest BCUT2D eigenvalue weighted by Crippen LogP contribution is 2.27. The van der Waals surface area contributed by atoms with Gasteiger partial charge >= 0.3 is 0 Å². The van der Waals surface area contributed by atoms with Gasteiger partial charge in [-0.25, -0.2) is 4.98 Å². The third-order valence-corrected chi connectivity index (χ3v) is 2.83. The lowest BCUT2D eigenvalue weighted by molar-refractivity contribution is 0.0989. The van der Waals surface area contributed by atoms with E-state index in [9.17, 15) is 4.79 Å². The SMILES string of the molecule is COc1ccc(C(=O)Cc2ncnn2C)cc1OC. The van der Waals surface area contributed by atoms with Crippen LogP contribution in [0.4, 0.5) is 0 Å². The summed E-state index contributed by atoms with van der Waals surface area (Å²) in [6.07, 6.45) is 1.63. The monoisotopic (exact) mass is 261 g/mol. The van der Waals surface area contributed by atoms with E-state index >= 15 is 0 Å². The van der Waals surface area contributed by atoms with Crippen molar-refractivity contribution in [3.63, 3.8) is 0 Å². The smallest absolute Gasteiger partial charge is 0.170 e. The summed E-state index contributed by atoms with van der Waals surface area (Å²) in [7, 11) is 4.85. The molecule has 6 heteroatoms. The van der Waals surface area contributed by atoms with Gasteiger partial charge < -0.3 is 9.47 Å². The number of carbonyl (C=O) groups is 1. The Morgan fingerprint density at radius 1 is 1.26 bits per heavy atom. The minimum Gasteiger partial charge on any atom is -0.493 e. The van der Waals surface area contributed by atoms with Crippen LogP contribution in [0.3, 0.4) is 0 Å². The van der Waals surface area contributed by atoms with E-state index in [1.54, 1.807) is 37.0 Å². The lowest BCUT2D eigenvalue weighted by Gasteiger charge is -2.08. The van der Waals surface area contributed by atoms with Gasteiger partial charge in [0.05, 0.1) is 20.6 Å². The molecule has 0 fully saturated rings. The van der Waals surface area contributed by atoms with Crippen LogP contribution in [-0.2, 0) is 13.5 Å². The number of rotatable bonds is 5. The highest BCUT2D eigenvalue weighted by Gasteiger charge is 2.13. The molecule has 0 spiro atoms. The van der Waals surface area contributed by atoms with Crippen molar-refractivity contribution < 1.29 is 14.3 Å². The molecule has 0 aliphatic carbocycles. The second-order valence-corrected chi connectivity index (χ2v) is 3.97. The molecule has 0 aliphatic heterocycles. The van der Waals surface area contributed by atoms with Crippen LogP contribution in [0.15, 0.2) is 24.5 Å². The second kappa shape index (κ2) is 5.51. The number of benzene rings is 1. The maximum atomic E-state index is 12.2. The third-order valence-electron chi connectivity index (χ3n) is 2.83. The molecule has 0 bridgehead atoms. The zero-order valence-electron chi connectivity index (χ0n) is 11.1. The topological polar surface area (TPSA) is 66.2 Å². The van der Waals surface area contributed by atoms with Crippen LogP contribution in [0.1, 0.15) is 16.2 Å². The van der Waals surface area contributed by atoms with Crippen molar-refractivity contribution in [3.8, 4) is 11.5 Å². The summed E-state index contributed by atoms with van der Waals surface area (Å²) in [5.41, 5.74) is 0.556. The molecule has 0 radical (unpaired) electrons. The summed E-state index contributed by atoms with van der Waals surface area (Å²) in [6.45, 7) is 0. The molecule has 100 valence electrons. The van der Waals surface area contributed by atoms with E-state index in [1.807, 2.05) is 0 Å². The first kappa shape index (κ1) is 13.1. The second-order valence-electron chi connectivity index (χ2n) is 3.97. The van der Waals surface area contributed by atoms with Gasteiger partial charge in [-0.15, -0.1) is 0 Å². The van der Waals surface area contributed by atoms with Crippen molar-refractivity contribution in [2.75, 3.05) is 14.2 Å². The number of hydrogen-bond donors (Lipinski definition) is 0. The van der Waals surface area contributed by atoms with E-state index in [0.29, 0.717) is 22.9 Å². The average Bonchev–Trinajstić information content (AvgIpc) is 2.83. The van der Waals surface area contributed by atoms with Crippen molar-refractivity contribution in [2.24, 2.45) is 7.05 Å².